The SMILES string of the molecule is CC[N+]1(CCOc2cccc(C)c2)CCOCC1. The van der Waals surface area contributed by atoms with E-state index in [0.717, 1.165) is 49.7 Å². The van der Waals surface area contributed by atoms with E-state index < -0.39 is 0 Å². The molecule has 0 amide bonds. The summed E-state index contributed by atoms with van der Waals surface area (Å²) in [6, 6.07) is 8.26. The molecule has 3 nitrogen and oxygen atoms in total. The van der Waals surface area contributed by atoms with Gasteiger partial charge >= 0.3 is 0 Å². The van der Waals surface area contributed by atoms with Gasteiger partial charge in [-0.15, -0.1) is 0 Å². The topological polar surface area (TPSA) is 18.5 Å². The van der Waals surface area contributed by atoms with Crippen LogP contribution in [0.3, 0.4) is 0 Å². The fourth-order valence-electron chi connectivity index (χ4n) is 2.49. The first-order valence-electron chi connectivity index (χ1n) is 6.86. The average molecular weight is 250 g/mol. The molecule has 0 unspecified atom stereocenters. The Morgan fingerprint density at radius 3 is 2.72 bits per heavy atom. The number of ether oxygens (including phenoxy) is 2. The van der Waals surface area contributed by atoms with Gasteiger partial charge in [0.1, 0.15) is 32.0 Å². The Balaban J connectivity index is 1.83. The smallest absolute Gasteiger partial charge is 0.137 e. The molecule has 0 aromatic heterocycles. The lowest BCUT2D eigenvalue weighted by Crippen LogP contribution is -2.56. The molecule has 0 radical (unpaired) electrons. The molecule has 1 fully saturated rings. The van der Waals surface area contributed by atoms with Crippen LogP contribution in [0.5, 0.6) is 5.75 Å². The number of benzene rings is 1. The minimum atomic E-state index is 0.789. The molecule has 0 aliphatic carbocycles. The van der Waals surface area contributed by atoms with Crippen LogP contribution in [0.4, 0.5) is 0 Å². The molecule has 18 heavy (non-hydrogen) atoms. The van der Waals surface area contributed by atoms with Crippen LogP contribution < -0.4 is 4.74 Å². The number of quaternary nitrogens is 1. The fraction of sp³-hybridized carbons (Fsp3) is 0.600. The monoisotopic (exact) mass is 250 g/mol. The van der Waals surface area contributed by atoms with Crippen LogP contribution in [0.2, 0.25) is 0 Å². The van der Waals surface area contributed by atoms with Gasteiger partial charge in [-0.2, -0.15) is 0 Å². The van der Waals surface area contributed by atoms with Gasteiger partial charge in [0, 0.05) is 0 Å². The maximum Gasteiger partial charge on any atom is 0.137 e. The van der Waals surface area contributed by atoms with Crippen LogP contribution in [-0.4, -0.2) is 50.5 Å². The molecule has 1 aliphatic rings. The van der Waals surface area contributed by atoms with Gasteiger partial charge in [-0.25, -0.2) is 0 Å². The van der Waals surface area contributed by atoms with Crippen molar-refractivity contribution in [1.29, 1.82) is 0 Å². The van der Waals surface area contributed by atoms with E-state index in [2.05, 4.69) is 26.0 Å². The molecular weight excluding hydrogens is 226 g/mol. The van der Waals surface area contributed by atoms with Gasteiger partial charge in [0.25, 0.3) is 0 Å². The van der Waals surface area contributed by atoms with E-state index in [1.807, 2.05) is 12.1 Å². The van der Waals surface area contributed by atoms with Gasteiger partial charge in [0.2, 0.25) is 0 Å². The van der Waals surface area contributed by atoms with E-state index >= 15 is 0 Å². The van der Waals surface area contributed by atoms with Crippen molar-refractivity contribution in [2.24, 2.45) is 0 Å². The van der Waals surface area contributed by atoms with Crippen LogP contribution in [0, 0.1) is 6.92 Å². The average Bonchev–Trinajstić information content (AvgIpc) is 2.40. The van der Waals surface area contributed by atoms with Crippen molar-refractivity contribution in [1.82, 2.24) is 0 Å². The quantitative estimate of drug-likeness (QED) is 0.746. The molecule has 0 spiro atoms. The second kappa shape index (κ2) is 6.21. The highest BCUT2D eigenvalue weighted by atomic mass is 16.5. The molecule has 0 atom stereocenters. The van der Waals surface area contributed by atoms with E-state index in [0.29, 0.717) is 0 Å². The molecule has 100 valence electrons. The molecule has 1 aromatic rings. The number of likely N-dealkylation sites (N-methyl/N-ethyl adjacent to an activating group) is 1. The zero-order chi connectivity index (χ0) is 12.8. The molecule has 3 heteroatoms. The van der Waals surface area contributed by atoms with Crippen molar-refractivity contribution < 1.29 is 14.0 Å². The zero-order valence-corrected chi connectivity index (χ0v) is 11.5. The predicted molar refractivity (Wildman–Crippen MR) is 72.9 cm³/mol. The molecule has 1 heterocycles. The first kappa shape index (κ1) is 13.4. The minimum Gasteiger partial charge on any atom is -0.488 e. The van der Waals surface area contributed by atoms with Gasteiger partial charge in [-0.05, 0) is 31.5 Å². The second-order valence-electron chi connectivity index (χ2n) is 5.11. The van der Waals surface area contributed by atoms with Gasteiger partial charge in [0.05, 0.1) is 19.8 Å². The standard InChI is InChI=1S/C15H24NO2/c1-3-16(7-10-17-11-8-16)9-12-18-15-6-4-5-14(2)13-15/h4-6,13H,3,7-12H2,1-2H3/q+1. The van der Waals surface area contributed by atoms with Gasteiger partial charge in [-0.1, -0.05) is 12.1 Å². The van der Waals surface area contributed by atoms with Crippen molar-refractivity contribution in [3.63, 3.8) is 0 Å². The van der Waals surface area contributed by atoms with Crippen molar-refractivity contribution >= 4 is 0 Å². The minimum absolute atomic E-state index is 0.789. The number of aryl methyl sites for hydroxylation is 1. The predicted octanol–water partition coefficient (Wildman–Crippen LogP) is 2.24. The number of hydrogen-bond donors (Lipinski definition) is 0. The third-order valence-corrected chi connectivity index (χ3v) is 3.91. The Labute approximate surface area is 110 Å². The van der Waals surface area contributed by atoms with Crippen LogP contribution >= 0.6 is 0 Å². The number of hydrogen-bond acceptors (Lipinski definition) is 2. The molecule has 2 rings (SSSR count). The second-order valence-corrected chi connectivity index (χ2v) is 5.11. The summed E-state index contributed by atoms with van der Waals surface area (Å²) >= 11 is 0. The maximum atomic E-state index is 5.86. The highest BCUT2D eigenvalue weighted by Crippen LogP contribution is 2.14. The molecule has 1 aliphatic heterocycles. The number of rotatable bonds is 5. The van der Waals surface area contributed by atoms with Crippen molar-refractivity contribution in [2.45, 2.75) is 13.8 Å². The molecule has 1 aromatic carbocycles. The van der Waals surface area contributed by atoms with Crippen molar-refractivity contribution in [2.75, 3.05) is 46.0 Å². The Kier molecular flexibility index (Phi) is 4.61. The Bertz CT molecular complexity index is 373. The summed E-state index contributed by atoms with van der Waals surface area (Å²) in [4.78, 5) is 0. The molecule has 0 saturated carbocycles. The van der Waals surface area contributed by atoms with Crippen molar-refractivity contribution in [3.8, 4) is 5.75 Å². The van der Waals surface area contributed by atoms with Crippen LogP contribution in [0.1, 0.15) is 12.5 Å². The van der Waals surface area contributed by atoms with Crippen LogP contribution in [0.15, 0.2) is 24.3 Å². The summed E-state index contributed by atoms with van der Waals surface area (Å²) in [5.74, 6) is 0.984. The van der Waals surface area contributed by atoms with Crippen LogP contribution in [-0.2, 0) is 4.74 Å². The van der Waals surface area contributed by atoms with E-state index in [-0.39, 0.29) is 0 Å². The third kappa shape index (κ3) is 3.47. The summed E-state index contributed by atoms with van der Waals surface area (Å²) in [6.45, 7) is 11.4. The summed E-state index contributed by atoms with van der Waals surface area (Å²) in [6.07, 6.45) is 0. The van der Waals surface area contributed by atoms with E-state index in [1.165, 1.54) is 12.1 Å². The van der Waals surface area contributed by atoms with Crippen LogP contribution in [0.25, 0.3) is 0 Å². The zero-order valence-electron chi connectivity index (χ0n) is 11.5. The first-order chi connectivity index (χ1) is 8.74. The highest BCUT2D eigenvalue weighted by Gasteiger charge is 2.28. The summed E-state index contributed by atoms with van der Waals surface area (Å²) in [5.41, 5.74) is 1.25. The largest absolute Gasteiger partial charge is 0.488 e. The van der Waals surface area contributed by atoms with E-state index in [9.17, 15) is 0 Å². The first-order valence-corrected chi connectivity index (χ1v) is 6.86. The van der Waals surface area contributed by atoms with E-state index in [4.69, 9.17) is 9.47 Å². The van der Waals surface area contributed by atoms with Gasteiger partial charge in [0.15, 0.2) is 0 Å². The summed E-state index contributed by atoms with van der Waals surface area (Å²) in [5, 5.41) is 0. The summed E-state index contributed by atoms with van der Waals surface area (Å²) in [7, 11) is 0. The normalized spacial score (nSPS) is 18.6. The van der Waals surface area contributed by atoms with Gasteiger partial charge < -0.3 is 14.0 Å². The lowest BCUT2D eigenvalue weighted by molar-refractivity contribution is -0.933. The van der Waals surface area contributed by atoms with Gasteiger partial charge in [-0.3, -0.25) is 0 Å². The molecule has 1 saturated heterocycles. The maximum absolute atomic E-state index is 5.86. The van der Waals surface area contributed by atoms with Crippen molar-refractivity contribution in [3.05, 3.63) is 29.8 Å². The Hall–Kier alpha value is -1.06. The van der Waals surface area contributed by atoms with E-state index in [1.54, 1.807) is 0 Å². The fourth-order valence-corrected chi connectivity index (χ4v) is 2.49. The Morgan fingerprint density at radius 1 is 1.28 bits per heavy atom. The highest BCUT2D eigenvalue weighted by molar-refractivity contribution is 5.27. The molecular formula is C15H24NO2+. The lowest BCUT2D eigenvalue weighted by Gasteiger charge is -2.40. The summed E-state index contributed by atoms with van der Waals surface area (Å²) < 4.78 is 12.4. The molecule has 0 bridgehead atoms. The number of nitrogens with zero attached hydrogens (tertiary/aromatic N) is 1. The molecule has 0 N–H and O–H groups in total. The third-order valence-electron chi connectivity index (χ3n) is 3.91. The Morgan fingerprint density at radius 2 is 2.06 bits per heavy atom. The number of morpholine rings is 1. The lowest BCUT2D eigenvalue weighted by atomic mass is 10.2.